The Hall–Kier alpha value is -3.49. The zero-order chi connectivity index (χ0) is 18.2. The van der Waals surface area contributed by atoms with Crippen molar-refractivity contribution < 1.29 is 18.9 Å². The zero-order valence-electron chi connectivity index (χ0n) is 13.4. The molecule has 9 nitrogen and oxygen atoms in total. The molecule has 2 aromatic rings. The van der Waals surface area contributed by atoms with Crippen molar-refractivity contribution in [2.45, 2.75) is 19.8 Å². The normalized spacial score (nSPS) is 10.6. The molecule has 0 aliphatic heterocycles. The lowest BCUT2D eigenvalue weighted by atomic mass is 10.2. The topological polar surface area (TPSA) is 127 Å². The maximum Gasteiger partial charge on any atom is 0.269 e. The van der Waals surface area contributed by atoms with Crippen molar-refractivity contribution in [2.24, 2.45) is 5.10 Å². The molecule has 0 unspecified atom stereocenters. The number of hydrazone groups is 1. The fraction of sp³-hybridized carbons (Fsp3) is 0.188. The van der Waals surface area contributed by atoms with Crippen LogP contribution in [0.5, 0.6) is 0 Å². The van der Waals surface area contributed by atoms with Crippen molar-refractivity contribution in [1.82, 2.24) is 5.43 Å². The molecule has 9 heteroatoms. The number of amides is 2. The highest BCUT2D eigenvalue weighted by Crippen LogP contribution is 2.15. The molecule has 0 saturated heterocycles. The zero-order valence-corrected chi connectivity index (χ0v) is 13.4. The van der Waals surface area contributed by atoms with Gasteiger partial charge in [-0.15, -0.1) is 0 Å². The van der Waals surface area contributed by atoms with Crippen LogP contribution >= 0.6 is 0 Å². The van der Waals surface area contributed by atoms with Crippen LogP contribution in [0.25, 0.3) is 0 Å². The van der Waals surface area contributed by atoms with Gasteiger partial charge in [0.1, 0.15) is 11.5 Å². The number of carbonyl (C=O) groups is 2. The Labute approximate surface area is 142 Å². The molecule has 1 aromatic carbocycles. The molecule has 0 atom stereocenters. The standard InChI is InChI=1S/C16H16N4O5/c1-11-2-7-14(25-11)10-17-19-16(22)9-8-15(21)18-12-3-5-13(6-4-12)20(23)24/h2-7,10H,8-9H2,1H3,(H,18,21)(H,19,22)/b17-10-. The minimum atomic E-state index is -0.527. The smallest absolute Gasteiger partial charge is 0.269 e. The van der Waals surface area contributed by atoms with Gasteiger partial charge in [-0.05, 0) is 31.2 Å². The lowest BCUT2D eigenvalue weighted by molar-refractivity contribution is -0.384. The minimum Gasteiger partial charge on any atom is -0.460 e. The predicted molar refractivity (Wildman–Crippen MR) is 90.1 cm³/mol. The van der Waals surface area contributed by atoms with E-state index in [1.165, 1.54) is 30.5 Å². The van der Waals surface area contributed by atoms with Gasteiger partial charge in [0.25, 0.3) is 5.69 Å². The maximum absolute atomic E-state index is 11.8. The van der Waals surface area contributed by atoms with Gasteiger partial charge in [0.15, 0.2) is 0 Å². The van der Waals surface area contributed by atoms with E-state index in [1.54, 1.807) is 19.1 Å². The molecule has 130 valence electrons. The first-order valence-corrected chi connectivity index (χ1v) is 7.36. The van der Waals surface area contributed by atoms with Crippen molar-refractivity contribution in [3.05, 3.63) is 58.0 Å². The van der Waals surface area contributed by atoms with E-state index < -0.39 is 10.8 Å². The summed E-state index contributed by atoms with van der Waals surface area (Å²) in [5.74, 6) is 0.442. The molecule has 0 saturated carbocycles. The summed E-state index contributed by atoms with van der Waals surface area (Å²) < 4.78 is 5.25. The summed E-state index contributed by atoms with van der Waals surface area (Å²) in [6.07, 6.45) is 1.27. The second kappa shape index (κ2) is 8.39. The van der Waals surface area contributed by atoms with E-state index in [0.29, 0.717) is 11.4 Å². The number of nitrogens with zero attached hydrogens (tertiary/aromatic N) is 2. The third-order valence-electron chi connectivity index (χ3n) is 3.08. The summed E-state index contributed by atoms with van der Waals surface area (Å²) in [6.45, 7) is 1.79. The molecule has 0 bridgehead atoms. The van der Waals surface area contributed by atoms with E-state index in [0.717, 1.165) is 5.76 Å². The highest BCUT2D eigenvalue weighted by molar-refractivity contribution is 5.93. The van der Waals surface area contributed by atoms with Gasteiger partial charge in [-0.2, -0.15) is 5.10 Å². The number of benzene rings is 1. The van der Waals surface area contributed by atoms with Crippen LogP contribution in [0.15, 0.2) is 45.9 Å². The second-order valence-electron chi connectivity index (χ2n) is 5.09. The molecule has 0 aliphatic carbocycles. The van der Waals surface area contributed by atoms with Crippen LogP contribution in [-0.2, 0) is 9.59 Å². The van der Waals surface area contributed by atoms with Crippen LogP contribution in [0.4, 0.5) is 11.4 Å². The molecule has 2 rings (SSSR count). The Balaban J connectivity index is 1.72. The first-order chi connectivity index (χ1) is 11.9. The molecule has 0 aliphatic rings. The molecule has 25 heavy (non-hydrogen) atoms. The van der Waals surface area contributed by atoms with Crippen LogP contribution in [-0.4, -0.2) is 23.0 Å². The molecule has 2 N–H and O–H groups in total. The number of non-ortho nitro benzene ring substituents is 1. The number of nitro groups is 1. The van der Waals surface area contributed by atoms with E-state index in [-0.39, 0.29) is 24.4 Å². The van der Waals surface area contributed by atoms with Gasteiger partial charge < -0.3 is 9.73 Å². The van der Waals surface area contributed by atoms with Gasteiger partial charge in [-0.1, -0.05) is 0 Å². The van der Waals surface area contributed by atoms with Crippen LogP contribution in [0.1, 0.15) is 24.4 Å². The maximum atomic E-state index is 11.8. The van der Waals surface area contributed by atoms with Crippen molar-refractivity contribution in [3.63, 3.8) is 0 Å². The van der Waals surface area contributed by atoms with Crippen LogP contribution in [0, 0.1) is 17.0 Å². The first kappa shape index (κ1) is 17.9. The highest BCUT2D eigenvalue weighted by atomic mass is 16.6. The number of aryl methyl sites for hydroxylation is 1. The van der Waals surface area contributed by atoms with Crippen molar-refractivity contribution >= 4 is 29.4 Å². The number of nitrogens with one attached hydrogen (secondary N) is 2. The van der Waals surface area contributed by atoms with Gasteiger partial charge >= 0.3 is 0 Å². The van der Waals surface area contributed by atoms with Gasteiger partial charge in [0, 0.05) is 30.7 Å². The van der Waals surface area contributed by atoms with Gasteiger partial charge in [-0.3, -0.25) is 19.7 Å². The third-order valence-corrected chi connectivity index (χ3v) is 3.08. The van der Waals surface area contributed by atoms with E-state index >= 15 is 0 Å². The van der Waals surface area contributed by atoms with Crippen LogP contribution in [0.3, 0.4) is 0 Å². The lowest BCUT2D eigenvalue weighted by Gasteiger charge is -2.04. The largest absolute Gasteiger partial charge is 0.460 e. The number of hydrogen-bond donors (Lipinski definition) is 2. The van der Waals surface area contributed by atoms with E-state index in [4.69, 9.17) is 4.42 Å². The van der Waals surface area contributed by atoms with Crippen LogP contribution in [0.2, 0.25) is 0 Å². The lowest BCUT2D eigenvalue weighted by Crippen LogP contribution is -2.20. The Morgan fingerprint density at radius 1 is 1.16 bits per heavy atom. The summed E-state index contributed by atoms with van der Waals surface area (Å²) in [6, 6.07) is 8.90. The number of furan rings is 1. The molecule has 2 amide bonds. The summed E-state index contributed by atoms with van der Waals surface area (Å²) in [5, 5.41) is 16.8. The average Bonchev–Trinajstić information content (AvgIpc) is 2.99. The van der Waals surface area contributed by atoms with Crippen molar-refractivity contribution in [1.29, 1.82) is 0 Å². The van der Waals surface area contributed by atoms with Crippen molar-refractivity contribution in [3.8, 4) is 0 Å². The van der Waals surface area contributed by atoms with Crippen LogP contribution < -0.4 is 10.7 Å². The minimum absolute atomic E-state index is 0.0435. The Bertz CT molecular complexity index is 795. The molecule has 0 spiro atoms. The van der Waals surface area contributed by atoms with Gasteiger partial charge in [-0.25, -0.2) is 5.43 Å². The SMILES string of the molecule is Cc1ccc(/C=N\NC(=O)CCC(=O)Nc2ccc([N+](=O)[O-])cc2)o1. The molecule has 0 radical (unpaired) electrons. The van der Waals surface area contributed by atoms with Gasteiger partial charge in [0.05, 0.1) is 11.1 Å². The fourth-order valence-electron chi connectivity index (χ4n) is 1.86. The summed E-state index contributed by atoms with van der Waals surface area (Å²) in [4.78, 5) is 33.4. The monoisotopic (exact) mass is 344 g/mol. The quantitative estimate of drug-likeness (QED) is 0.453. The molecular formula is C16H16N4O5. The average molecular weight is 344 g/mol. The molecule has 0 fully saturated rings. The van der Waals surface area contributed by atoms with E-state index in [9.17, 15) is 19.7 Å². The fourth-order valence-corrected chi connectivity index (χ4v) is 1.86. The van der Waals surface area contributed by atoms with Gasteiger partial charge in [0.2, 0.25) is 11.8 Å². The van der Waals surface area contributed by atoms with Crippen molar-refractivity contribution in [2.75, 3.05) is 5.32 Å². The Morgan fingerprint density at radius 2 is 1.84 bits per heavy atom. The number of hydrogen-bond acceptors (Lipinski definition) is 6. The first-order valence-electron chi connectivity index (χ1n) is 7.36. The Kier molecular flexibility index (Phi) is 5.99. The number of nitro benzene ring substituents is 1. The molecular weight excluding hydrogens is 328 g/mol. The molecule has 1 heterocycles. The summed E-state index contributed by atoms with van der Waals surface area (Å²) >= 11 is 0. The summed E-state index contributed by atoms with van der Waals surface area (Å²) in [5.41, 5.74) is 2.65. The number of carbonyl (C=O) groups excluding carboxylic acids is 2. The number of rotatable bonds is 7. The predicted octanol–water partition coefficient (Wildman–Crippen LogP) is 2.37. The third kappa shape index (κ3) is 5.90. The highest BCUT2D eigenvalue weighted by Gasteiger charge is 2.08. The molecule has 1 aromatic heterocycles. The Morgan fingerprint density at radius 3 is 2.44 bits per heavy atom. The summed E-state index contributed by atoms with van der Waals surface area (Å²) in [7, 11) is 0. The second-order valence-corrected chi connectivity index (χ2v) is 5.09. The number of anilines is 1. The van der Waals surface area contributed by atoms with E-state index in [1.807, 2.05) is 0 Å². The van der Waals surface area contributed by atoms with E-state index in [2.05, 4.69) is 15.8 Å².